The van der Waals surface area contributed by atoms with Gasteiger partial charge < -0.3 is 9.84 Å². The molecule has 1 aromatic heterocycles. The lowest BCUT2D eigenvalue weighted by Gasteiger charge is -2.15. The van der Waals surface area contributed by atoms with Crippen molar-refractivity contribution in [2.45, 2.75) is 96.5 Å². The van der Waals surface area contributed by atoms with E-state index in [1.54, 1.807) is 19.1 Å². The first-order valence-corrected chi connectivity index (χ1v) is 10.8. The summed E-state index contributed by atoms with van der Waals surface area (Å²) in [7, 11) is 1.34. The summed E-state index contributed by atoms with van der Waals surface area (Å²) in [6, 6.07) is 3.16. The van der Waals surface area contributed by atoms with Crippen LogP contribution in [0.15, 0.2) is 18.3 Å². The summed E-state index contributed by atoms with van der Waals surface area (Å²) in [6.45, 7) is 3.99. The van der Waals surface area contributed by atoms with E-state index in [-0.39, 0.29) is 0 Å². The van der Waals surface area contributed by atoms with E-state index >= 15 is 0 Å². The molecular weight excluding hydrogens is 350 g/mol. The first-order chi connectivity index (χ1) is 13.5. The largest absolute Gasteiger partial charge is 0.465 e. The smallest absolute Gasteiger partial charge is 0.338 e. The normalized spacial score (nSPS) is 12.7. The molecule has 0 aromatic carbocycles. The maximum atomic E-state index is 11.5. The lowest BCUT2D eigenvalue weighted by Crippen LogP contribution is -2.21. The molecule has 28 heavy (non-hydrogen) atoms. The molecule has 4 heteroatoms. The standard InChI is InChI=1S/C24H37NO3/c1-4-5-6-7-8-9-10-11-12-13-14-17-24(2,27)18-15-22-20-21(16-19-25-22)23(26)28-3/h16,19-20,27H,4-14,17H2,1-3H3. The number of rotatable bonds is 13. The zero-order valence-corrected chi connectivity index (χ0v) is 17.9. The number of carbonyl (C=O) groups excluding carboxylic acids is 1. The van der Waals surface area contributed by atoms with Gasteiger partial charge in [-0.3, -0.25) is 0 Å². The van der Waals surface area contributed by atoms with Crippen LogP contribution in [-0.4, -0.2) is 28.8 Å². The highest BCUT2D eigenvalue weighted by Gasteiger charge is 2.16. The number of pyridine rings is 1. The molecule has 0 aliphatic carbocycles. The molecule has 1 rings (SSSR count). The molecule has 1 heterocycles. The first kappa shape index (κ1) is 24.2. The molecule has 0 spiro atoms. The van der Waals surface area contributed by atoms with Crippen LogP contribution in [0, 0.1) is 11.8 Å². The molecule has 1 unspecified atom stereocenters. The molecule has 1 N–H and O–H groups in total. The summed E-state index contributed by atoms with van der Waals surface area (Å²) in [6.07, 6.45) is 16.3. The highest BCUT2D eigenvalue weighted by Crippen LogP contribution is 2.16. The Morgan fingerprint density at radius 2 is 1.64 bits per heavy atom. The molecule has 0 saturated carbocycles. The summed E-state index contributed by atoms with van der Waals surface area (Å²) < 4.78 is 4.69. The van der Waals surface area contributed by atoms with Crippen LogP contribution in [-0.2, 0) is 4.74 Å². The SMILES string of the molecule is CCCCCCCCCCCCCC(C)(O)C#Cc1cc(C(=O)OC)ccn1. The van der Waals surface area contributed by atoms with Crippen molar-refractivity contribution in [3.8, 4) is 11.8 Å². The molecule has 4 nitrogen and oxygen atoms in total. The van der Waals surface area contributed by atoms with Crippen LogP contribution in [0.3, 0.4) is 0 Å². The molecule has 0 aliphatic heterocycles. The number of methoxy groups -OCH3 is 1. The number of hydrogen-bond donors (Lipinski definition) is 1. The average molecular weight is 388 g/mol. The van der Waals surface area contributed by atoms with Gasteiger partial charge in [0.2, 0.25) is 0 Å². The fraction of sp³-hybridized carbons (Fsp3) is 0.667. The van der Waals surface area contributed by atoms with Crippen LogP contribution in [0.4, 0.5) is 0 Å². The fourth-order valence-corrected chi connectivity index (χ4v) is 3.14. The van der Waals surface area contributed by atoms with E-state index in [0.29, 0.717) is 17.7 Å². The summed E-state index contributed by atoms with van der Waals surface area (Å²) in [4.78, 5) is 15.7. The number of hydrogen-bond acceptors (Lipinski definition) is 4. The number of aromatic nitrogens is 1. The molecule has 0 fully saturated rings. The quantitative estimate of drug-likeness (QED) is 0.269. The third-order valence-corrected chi connectivity index (χ3v) is 4.91. The van der Waals surface area contributed by atoms with Crippen molar-refractivity contribution in [3.05, 3.63) is 29.6 Å². The number of ether oxygens (including phenoxy) is 1. The van der Waals surface area contributed by atoms with Gasteiger partial charge in [0.25, 0.3) is 0 Å². The Balaban J connectivity index is 2.23. The molecular formula is C24H37NO3. The van der Waals surface area contributed by atoms with Crippen LogP contribution < -0.4 is 0 Å². The van der Waals surface area contributed by atoms with Crippen LogP contribution in [0.1, 0.15) is 107 Å². The highest BCUT2D eigenvalue weighted by molar-refractivity contribution is 5.89. The summed E-state index contributed by atoms with van der Waals surface area (Å²) in [5, 5.41) is 10.5. The molecule has 0 bridgehead atoms. The maximum Gasteiger partial charge on any atom is 0.338 e. The van der Waals surface area contributed by atoms with Crippen molar-refractivity contribution in [1.29, 1.82) is 0 Å². The molecule has 1 atom stereocenters. The van der Waals surface area contributed by atoms with Crippen molar-refractivity contribution in [2.24, 2.45) is 0 Å². The topological polar surface area (TPSA) is 59.4 Å². The lowest BCUT2D eigenvalue weighted by molar-refractivity contribution is 0.0600. The van der Waals surface area contributed by atoms with Crippen LogP contribution in [0.25, 0.3) is 0 Å². The molecule has 0 aliphatic rings. The lowest BCUT2D eigenvalue weighted by atomic mass is 9.97. The van der Waals surface area contributed by atoms with E-state index in [0.717, 1.165) is 12.8 Å². The predicted molar refractivity (Wildman–Crippen MR) is 114 cm³/mol. The number of unbranched alkanes of at least 4 members (excludes halogenated alkanes) is 10. The van der Waals surface area contributed by atoms with Gasteiger partial charge in [0, 0.05) is 6.20 Å². The summed E-state index contributed by atoms with van der Waals surface area (Å²) in [5.41, 5.74) is -0.170. The maximum absolute atomic E-state index is 11.5. The van der Waals surface area contributed by atoms with Crippen molar-refractivity contribution < 1.29 is 14.6 Å². The molecule has 0 radical (unpaired) electrons. The van der Waals surface area contributed by atoms with E-state index in [4.69, 9.17) is 4.74 Å². The van der Waals surface area contributed by atoms with Gasteiger partial charge in [-0.05, 0) is 37.8 Å². The second kappa shape index (κ2) is 14.2. The van der Waals surface area contributed by atoms with Crippen LogP contribution in [0.2, 0.25) is 0 Å². The molecule has 0 saturated heterocycles. The fourth-order valence-electron chi connectivity index (χ4n) is 3.14. The third kappa shape index (κ3) is 11.1. The summed E-state index contributed by atoms with van der Waals surface area (Å²) >= 11 is 0. The predicted octanol–water partition coefficient (Wildman–Crippen LogP) is 5.67. The zero-order valence-electron chi connectivity index (χ0n) is 17.9. The van der Waals surface area contributed by atoms with Gasteiger partial charge in [-0.15, -0.1) is 0 Å². The number of nitrogens with zero attached hydrogens (tertiary/aromatic N) is 1. The van der Waals surface area contributed by atoms with E-state index in [9.17, 15) is 9.90 Å². The van der Waals surface area contributed by atoms with E-state index < -0.39 is 11.6 Å². The van der Waals surface area contributed by atoms with Gasteiger partial charge in [-0.2, -0.15) is 0 Å². The Hall–Kier alpha value is -1.86. The van der Waals surface area contributed by atoms with Crippen molar-refractivity contribution in [1.82, 2.24) is 4.98 Å². The first-order valence-electron chi connectivity index (χ1n) is 10.8. The van der Waals surface area contributed by atoms with E-state index in [1.165, 1.54) is 71.1 Å². The minimum Gasteiger partial charge on any atom is -0.465 e. The van der Waals surface area contributed by atoms with Gasteiger partial charge in [0.1, 0.15) is 11.3 Å². The van der Waals surface area contributed by atoms with E-state index in [1.807, 2.05) is 0 Å². The number of esters is 1. The third-order valence-electron chi connectivity index (χ3n) is 4.91. The van der Waals surface area contributed by atoms with Crippen LogP contribution in [0.5, 0.6) is 0 Å². The van der Waals surface area contributed by atoms with Crippen molar-refractivity contribution in [3.63, 3.8) is 0 Å². The van der Waals surface area contributed by atoms with Gasteiger partial charge in [0.15, 0.2) is 0 Å². The van der Waals surface area contributed by atoms with E-state index in [2.05, 4.69) is 23.7 Å². The molecule has 156 valence electrons. The average Bonchev–Trinajstić information content (AvgIpc) is 2.70. The van der Waals surface area contributed by atoms with Gasteiger partial charge in [-0.25, -0.2) is 9.78 Å². The van der Waals surface area contributed by atoms with Gasteiger partial charge in [0.05, 0.1) is 12.7 Å². The number of carbonyl (C=O) groups is 1. The second-order valence-corrected chi connectivity index (χ2v) is 7.73. The number of aliphatic hydroxyl groups is 1. The minimum atomic E-state index is -1.04. The Morgan fingerprint density at radius 3 is 2.21 bits per heavy atom. The van der Waals surface area contributed by atoms with Crippen molar-refractivity contribution >= 4 is 5.97 Å². The Morgan fingerprint density at radius 1 is 1.07 bits per heavy atom. The second-order valence-electron chi connectivity index (χ2n) is 7.73. The summed E-state index contributed by atoms with van der Waals surface area (Å²) in [5.74, 6) is 5.34. The van der Waals surface area contributed by atoms with Crippen molar-refractivity contribution in [2.75, 3.05) is 7.11 Å². The van der Waals surface area contributed by atoms with Gasteiger partial charge >= 0.3 is 5.97 Å². The molecule has 1 aromatic rings. The molecule has 0 amide bonds. The Labute approximate surface area is 171 Å². The Kier molecular flexibility index (Phi) is 12.2. The van der Waals surface area contributed by atoms with Crippen LogP contribution >= 0.6 is 0 Å². The monoisotopic (exact) mass is 387 g/mol. The minimum absolute atomic E-state index is 0.409. The zero-order chi connectivity index (χ0) is 20.7. The highest BCUT2D eigenvalue weighted by atomic mass is 16.5. The Bertz CT molecular complexity index is 628. The van der Waals surface area contributed by atoms with Gasteiger partial charge in [-0.1, -0.05) is 77.1 Å².